The molecular weight excluding hydrogens is 116 g/mol. The molecule has 0 aromatic carbocycles. The van der Waals surface area contributed by atoms with Gasteiger partial charge in [0, 0.05) is 4.91 Å². The van der Waals surface area contributed by atoms with Gasteiger partial charge in [-0.2, -0.15) is 0 Å². The number of thiol groups is 1. The van der Waals surface area contributed by atoms with Gasteiger partial charge < -0.3 is 0 Å². The fraction of sp³-hybridized carbons (Fsp3) is 0.143. The maximum absolute atomic E-state index is 4.14. The molecule has 1 aliphatic rings. The monoisotopic (exact) mass is 124 g/mol. The zero-order chi connectivity index (χ0) is 5.98. The molecule has 0 fully saturated rings. The summed E-state index contributed by atoms with van der Waals surface area (Å²) in [6.45, 7) is 3.78. The standard InChI is InChI=1S/C7H8S/c1-6-2-4-7(8)5-3-6/h2,4-5,8H,1,3H2. The van der Waals surface area contributed by atoms with E-state index < -0.39 is 0 Å². The molecule has 0 heterocycles. The molecule has 42 valence electrons. The van der Waals surface area contributed by atoms with Crippen LogP contribution in [0.4, 0.5) is 0 Å². The highest BCUT2D eigenvalue weighted by Crippen LogP contribution is 2.15. The highest BCUT2D eigenvalue weighted by Gasteiger charge is 1.92. The van der Waals surface area contributed by atoms with E-state index in [1.807, 2.05) is 18.2 Å². The molecule has 0 saturated carbocycles. The van der Waals surface area contributed by atoms with E-state index in [-0.39, 0.29) is 0 Å². The van der Waals surface area contributed by atoms with E-state index in [0.29, 0.717) is 0 Å². The second-order valence-electron chi connectivity index (χ2n) is 1.82. The minimum Gasteiger partial charge on any atom is -0.144 e. The summed E-state index contributed by atoms with van der Waals surface area (Å²) in [5, 5.41) is 0. The van der Waals surface area contributed by atoms with Gasteiger partial charge in [0.2, 0.25) is 0 Å². The van der Waals surface area contributed by atoms with Gasteiger partial charge in [-0.1, -0.05) is 24.3 Å². The Bertz CT molecular complexity index is 160. The Morgan fingerprint density at radius 3 is 2.62 bits per heavy atom. The van der Waals surface area contributed by atoms with Crippen molar-refractivity contribution in [3.8, 4) is 0 Å². The maximum atomic E-state index is 4.14. The molecule has 0 aromatic rings. The molecular formula is C7H8S. The van der Waals surface area contributed by atoms with Crippen molar-refractivity contribution < 1.29 is 0 Å². The first-order valence-corrected chi connectivity index (χ1v) is 2.99. The van der Waals surface area contributed by atoms with E-state index in [1.54, 1.807) is 0 Å². The highest BCUT2D eigenvalue weighted by atomic mass is 32.1. The molecule has 0 aromatic heterocycles. The molecule has 0 unspecified atom stereocenters. The number of rotatable bonds is 0. The van der Waals surface area contributed by atoms with E-state index >= 15 is 0 Å². The molecule has 1 aliphatic carbocycles. The Labute approximate surface area is 55.0 Å². The van der Waals surface area contributed by atoms with Crippen LogP contribution in [-0.4, -0.2) is 0 Å². The number of allylic oxidation sites excluding steroid dienone is 4. The Balaban J connectivity index is 2.71. The average Bonchev–Trinajstić information content (AvgIpc) is 1.77. The van der Waals surface area contributed by atoms with Crippen molar-refractivity contribution in [2.75, 3.05) is 0 Å². The molecule has 0 N–H and O–H groups in total. The van der Waals surface area contributed by atoms with E-state index in [1.165, 1.54) is 0 Å². The summed E-state index contributed by atoms with van der Waals surface area (Å²) in [5.74, 6) is 0. The lowest BCUT2D eigenvalue weighted by Crippen LogP contribution is -1.79. The first-order valence-electron chi connectivity index (χ1n) is 2.54. The van der Waals surface area contributed by atoms with Crippen LogP contribution in [0.15, 0.2) is 35.3 Å². The largest absolute Gasteiger partial charge is 0.144 e. The Morgan fingerprint density at radius 2 is 2.25 bits per heavy atom. The quantitative estimate of drug-likeness (QED) is 0.471. The van der Waals surface area contributed by atoms with Gasteiger partial charge in [-0.05, 0) is 12.5 Å². The van der Waals surface area contributed by atoms with E-state index in [4.69, 9.17) is 0 Å². The summed E-state index contributed by atoms with van der Waals surface area (Å²) in [4.78, 5) is 1.04. The minimum atomic E-state index is 0.954. The third-order valence-electron chi connectivity index (χ3n) is 1.06. The zero-order valence-corrected chi connectivity index (χ0v) is 5.49. The predicted molar refractivity (Wildman–Crippen MR) is 40.0 cm³/mol. The first-order chi connectivity index (χ1) is 3.79. The summed E-state index contributed by atoms with van der Waals surface area (Å²) in [7, 11) is 0. The van der Waals surface area contributed by atoms with Gasteiger partial charge in [0.05, 0.1) is 0 Å². The number of hydrogen-bond donors (Lipinski definition) is 1. The van der Waals surface area contributed by atoms with Crippen LogP contribution in [-0.2, 0) is 0 Å². The molecule has 0 spiro atoms. The summed E-state index contributed by atoms with van der Waals surface area (Å²) < 4.78 is 0. The van der Waals surface area contributed by atoms with E-state index in [2.05, 4.69) is 19.2 Å². The summed E-state index contributed by atoms with van der Waals surface area (Å²) in [6.07, 6.45) is 6.94. The van der Waals surface area contributed by atoms with Crippen LogP contribution in [0.3, 0.4) is 0 Å². The van der Waals surface area contributed by atoms with Crippen molar-refractivity contribution >= 4 is 12.6 Å². The summed E-state index contributed by atoms with van der Waals surface area (Å²) >= 11 is 4.14. The van der Waals surface area contributed by atoms with Crippen molar-refractivity contribution in [1.29, 1.82) is 0 Å². The summed E-state index contributed by atoms with van der Waals surface area (Å²) in [5.41, 5.74) is 1.16. The van der Waals surface area contributed by atoms with Crippen molar-refractivity contribution in [2.45, 2.75) is 6.42 Å². The molecule has 0 saturated heterocycles. The van der Waals surface area contributed by atoms with Crippen molar-refractivity contribution in [3.63, 3.8) is 0 Å². The van der Waals surface area contributed by atoms with Crippen LogP contribution >= 0.6 is 12.6 Å². The van der Waals surface area contributed by atoms with Gasteiger partial charge in [0.25, 0.3) is 0 Å². The molecule has 0 nitrogen and oxygen atoms in total. The summed E-state index contributed by atoms with van der Waals surface area (Å²) in [6, 6.07) is 0. The van der Waals surface area contributed by atoms with Crippen LogP contribution in [0, 0.1) is 0 Å². The second-order valence-corrected chi connectivity index (χ2v) is 2.34. The molecule has 0 atom stereocenters. The van der Waals surface area contributed by atoms with Crippen LogP contribution in [0.25, 0.3) is 0 Å². The number of hydrogen-bond acceptors (Lipinski definition) is 1. The van der Waals surface area contributed by atoms with Crippen LogP contribution < -0.4 is 0 Å². The molecule has 8 heavy (non-hydrogen) atoms. The Morgan fingerprint density at radius 1 is 1.50 bits per heavy atom. The van der Waals surface area contributed by atoms with Crippen molar-refractivity contribution in [2.24, 2.45) is 0 Å². The molecule has 0 aliphatic heterocycles. The van der Waals surface area contributed by atoms with Gasteiger partial charge in [-0.3, -0.25) is 0 Å². The molecule has 0 bridgehead atoms. The zero-order valence-electron chi connectivity index (χ0n) is 4.59. The van der Waals surface area contributed by atoms with E-state index in [0.717, 1.165) is 16.9 Å². The lowest BCUT2D eigenvalue weighted by atomic mass is 10.1. The third-order valence-corrected chi connectivity index (χ3v) is 1.39. The van der Waals surface area contributed by atoms with Gasteiger partial charge in [0.15, 0.2) is 0 Å². The van der Waals surface area contributed by atoms with Crippen LogP contribution in [0.5, 0.6) is 0 Å². The van der Waals surface area contributed by atoms with Gasteiger partial charge in [-0.15, -0.1) is 12.6 Å². The van der Waals surface area contributed by atoms with Crippen LogP contribution in [0.1, 0.15) is 6.42 Å². The van der Waals surface area contributed by atoms with Gasteiger partial charge in [0.1, 0.15) is 0 Å². The fourth-order valence-corrected chi connectivity index (χ4v) is 0.741. The van der Waals surface area contributed by atoms with Crippen molar-refractivity contribution in [3.05, 3.63) is 35.3 Å². The second kappa shape index (κ2) is 2.23. The minimum absolute atomic E-state index is 0.954. The van der Waals surface area contributed by atoms with Gasteiger partial charge >= 0.3 is 0 Å². The van der Waals surface area contributed by atoms with Crippen LogP contribution in [0.2, 0.25) is 0 Å². The Kier molecular flexibility index (Phi) is 1.59. The van der Waals surface area contributed by atoms with E-state index in [9.17, 15) is 0 Å². The smallest absolute Gasteiger partial charge is 0.000344 e. The molecule has 1 rings (SSSR count). The van der Waals surface area contributed by atoms with Gasteiger partial charge in [-0.25, -0.2) is 0 Å². The van der Waals surface area contributed by atoms with Crippen molar-refractivity contribution in [1.82, 2.24) is 0 Å². The topological polar surface area (TPSA) is 0 Å². The molecule has 0 radical (unpaired) electrons. The molecule has 1 heteroatoms. The Hall–Kier alpha value is -0.430. The molecule has 0 amide bonds. The lowest BCUT2D eigenvalue weighted by molar-refractivity contribution is 1.27. The fourth-order valence-electron chi connectivity index (χ4n) is 0.575. The maximum Gasteiger partial charge on any atom is 0.000344 e. The highest BCUT2D eigenvalue weighted by molar-refractivity contribution is 7.84. The normalized spacial score (nSPS) is 18.6. The third kappa shape index (κ3) is 1.27. The predicted octanol–water partition coefficient (Wildman–Crippen LogP) is 2.32. The lowest BCUT2D eigenvalue weighted by Gasteiger charge is -2.00. The SMILES string of the molecule is C=C1C=CC(S)=CC1. The average molecular weight is 124 g/mol. The first kappa shape index (κ1) is 5.70.